The van der Waals surface area contributed by atoms with Crippen LogP contribution in [0.25, 0.3) is 0 Å². The summed E-state index contributed by atoms with van der Waals surface area (Å²) in [7, 11) is 3.79. The zero-order valence-corrected chi connectivity index (χ0v) is 11.3. The number of nitrogens with zero attached hydrogens (tertiary/aromatic N) is 2. The Bertz CT molecular complexity index is 328. The van der Waals surface area contributed by atoms with Crippen LogP contribution in [0.1, 0.15) is 13.3 Å². The van der Waals surface area contributed by atoms with Gasteiger partial charge in [0, 0.05) is 18.5 Å². The molecule has 6 heteroatoms. The first-order chi connectivity index (χ1) is 8.25. The van der Waals surface area contributed by atoms with Crippen molar-refractivity contribution in [3.63, 3.8) is 0 Å². The number of quaternary nitrogens is 1. The Labute approximate surface area is 108 Å². The maximum absolute atomic E-state index is 12.0. The third-order valence-corrected chi connectivity index (χ3v) is 2.70. The minimum atomic E-state index is -1.11. The van der Waals surface area contributed by atoms with Crippen molar-refractivity contribution in [1.29, 1.82) is 0 Å². The summed E-state index contributed by atoms with van der Waals surface area (Å²) in [6.45, 7) is 5.13. The summed E-state index contributed by atoms with van der Waals surface area (Å²) in [6.07, 6.45) is 0.625. The van der Waals surface area contributed by atoms with E-state index in [2.05, 4.69) is 6.58 Å². The third-order valence-electron chi connectivity index (χ3n) is 2.70. The van der Waals surface area contributed by atoms with E-state index in [1.54, 1.807) is 0 Å². The second kappa shape index (κ2) is 7.25. The monoisotopic (exact) mass is 259 g/mol. The van der Waals surface area contributed by atoms with E-state index in [1.165, 1.54) is 6.92 Å². The van der Waals surface area contributed by atoms with Gasteiger partial charge >= 0.3 is 11.9 Å². The molecule has 2 N–H and O–H groups in total. The topological polar surface area (TPSA) is 77.8 Å². The minimum Gasteiger partial charge on any atom is -0.477 e. The molecule has 0 saturated heterocycles. The molecule has 0 fully saturated rings. The first-order valence-electron chi connectivity index (χ1n) is 5.79. The molecule has 0 bridgehead atoms. The van der Waals surface area contributed by atoms with Gasteiger partial charge in [-0.1, -0.05) is 6.58 Å². The van der Waals surface area contributed by atoms with Crippen LogP contribution >= 0.6 is 0 Å². The van der Waals surface area contributed by atoms with E-state index >= 15 is 0 Å². The van der Waals surface area contributed by atoms with Gasteiger partial charge in [-0.3, -0.25) is 0 Å². The van der Waals surface area contributed by atoms with Gasteiger partial charge in [0.1, 0.15) is 0 Å². The molecule has 0 aromatic rings. The van der Waals surface area contributed by atoms with Gasteiger partial charge in [-0.15, -0.1) is 0 Å². The van der Waals surface area contributed by atoms with Crippen LogP contribution in [0.5, 0.6) is 0 Å². The lowest BCUT2D eigenvalue weighted by atomic mass is 10.2. The number of hydrogen-bond acceptors (Lipinski definition) is 4. The predicted octanol–water partition coefficient (Wildman–Crippen LogP) is -0.108. The zero-order valence-electron chi connectivity index (χ0n) is 11.3. The number of carboxylic acids is 1. The van der Waals surface area contributed by atoms with Crippen molar-refractivity contribution in [2.24, 2.45) is 0 Å². The van der Waals surface area contributed by atoms with E-state index in [-0.39, 0.29) is 12.1 Å². The molecule has 104 valence electrons. The number of rotatable bonds is 8. The van der Waals surface area contributed by atoms with Crippen LogP contribution < -0.4 is 0 Å². The summed E-state index contributed by atoms with van der Waals surface area (Å²) < 4.78 is -0.488. The van der Waals surface area contributed by atoms with Crippen molar-refractivity contribution in [2.45, 2.75) is 13.3 Å². The highest BCUT2D eigenvalue weighted by Gasteiger charge is 2.38. The van der Waals surface area contributed by atoms with Crippen molar-refractivity contribution < 1.29 is 24.3 Å². The van der Waals surface area contributed by atoms with Gasteiger partial charge in [-0.25, -0.2) is 14.1 Å². The summed E-state index contributed by atoms with van der Waals surface area (Å²) >= 11 is 0. The normalized spacial score (nSPS) is 14.3. The maximum Gasteiger partial charge on any atom is 0.359 e. The molecule has 1 amide bonds. The van der Waals surface area contributed by atoms with Gasteiger partial charge in [-0.2, -0.15) is 0 Å². The molecular weight excluding hydrogens is 236 g/mol. The first kappa shape index (κ1) is 16.8. The average Bonchev–Trinajstić information content (AvgIpc) is 2.25. The Balaban J connectivity index is 4.92. The number of amides is 1. The summed E-state index contributed by atoms with van der Waals surface area (Å²) in [6, 6.07) is 0. The minimum absolute atomic E-state index is 0.259. The quantitative estimate of drug-likeness (QED) is 0.361. The van der Waals surface area contributed by atoms with Crippen molar-refractivity contribution in [1.82, 2.24) is 4.90 Å². The lowest BCUT2D eigenvalue weighted by Crippen LogP contribution is -2.57. The van der Waals surface area contributed by atoms with Crippen molar-refractivity contribution in [2.75, 3.05) is 40.5 Å². The van der Waals surface area contributed by atoms with Gasteiger partial charge in [0.05, 0.1) is 6.54 Å². The van der Waals surface area contributed by atoms with Crippen LogP contribution in [0.3, 0.4) is 0 Å². The van der Waals surface area contributed by atoms with E-state index < -0.39 is 29.6 Å². The number of hydrogen-bond donors (Lipinski definition) is 2. The molecule has 1 atom stereocenters. The molecular formula is C12H23N2O4+. The molecule has 0 aliphatic carbocycles. The van der Waals surface area contributed by atoms with Crippen LogP contribution in [0.2, 0.25) is 0 Å². The van der Waals surface area contributed by atoms with Crippen LogP contribution in [-0.4, -0.2) is 71.9 Å². The summed E-state index contributed by atoms with van der Waals surface area (Å²) in [4.78, 5) is 24.9. The van der Waals surface area contributed by atoms with Crippen LogP contribution in [-0.2, 0) is 9.59 Å². The molecule has 0 saturated carbocycles. The predicted molar refractivity (Wildman–Crippen MR) is 67.7 cm³/mol. The fraction of sp³-hybridized carbons (Fsp3) is 0.667. The highest BCUT2D eigenvalue weighted by atomic mass is 16.4. The molecule has 0 aromatic heterocycles. The summed E-state index contributed by atoms with van der Waals surface area (Å²) in [5.41, 5.74) is 0.259. The number of carbonyl (C=O) groups is 2. The first-order valence-corrected chi connectivity index (χ1v) is 5.79. The summed E-state index contributed by atoms with van der Waals surface area (Å²) in [5, 5.41) is 18.3. The van der Waals surface area contributed by atoms with Gasteiger partial charge in [0.15, 0.2) is 13.3 Å². The number of aliphatic hydroxyl groups is 1. The Morgan fingerprint density at radius 1 is 1.33 bits per heavy atom. The highest BCUT2D eigenvalue weighted by molar-refractivity contribution is 5.87. The van der Waals surface area contributed by atoms with E-state index in [0.29, 0.717) is 6.42 Å². The lowest BCUT2D eigenvalue weighted by molar-refractivity contribution is -0.865. The largest absolute Gasteiger partial charge is 0.477 e. The van der Waals surface area contributed by atoms with E-state index in [1.807, 2.05) is 19.0 Å². The standard InChI is InChI=1S/C12H22N2O4/c1-10(2)12(18)14(9-15,8-11(16)17)7-5-6-13(3)4/h15H,1,5-9H2,2-4H3/p+1. The molecule has 0 aliphatic rings. The molecule has 18 heavy (non-hydrogen) atoms. The molecule has 0 spiro atoms. The van der Waals surface area contributed by atoms with Gasteiger partial charge in [-0.05, 0) is 21.0 Å². The smallest absolute Gasteiger partial charge is 0.359 e. The molecule has 1 unspecified atom stereocenters. The Hall–Kier alpha value is -1.24. The molecule has 0 rings (SSSR count). The molecule has 0 radical (unpaired) electrons. The van der Waals surface area contributed by atoms with Crippen molar-refractivity contribution in [3.05, 3.63) is 12.2 Å². The SMILES string of the molecule is C=C(C)C(=O)[N+](CO)(CCCN(C)C)CC(=O)O. The van der Waals surface area contributed by atoms with Crippen molar-refractivity contribution in [3.8, 4) is 0 Å². The second-order valence-corrected chi connectivity index (χ2v) is 4.80. The number of aliphatic carboxylic acids is 1. The van der Waals surface area contributed by atoms with Crippen LogP contribution in [0.15, 0.2) is 12.2 Å². The average molecular weight is 259 g/mol. The van der Waals surface area contributed by atoms with Crippen LogP contribution in [0, 0.1) is 0 Å². The van der Waals surface area contributed by atoms with Gasteiger partial charge < -0.3 is 15.1 Å². The number of aliphatic hydroxyl groups excluding tert-OH is 1. The van der Waals surface area contributed by atoms with Crippen LogP contribution in [0.4, 0.5) is 0 Å². The van der Waals surface area contributed by atoms with Gasteiger partial charge in [0.2, 0.25) is 0 Å². The Morgan fingerprint density at radius 2 is 1.89 bits per heavy atom. The highest BCUT2D eigenvalue weighted by Crippen LogP contribution is 2.13. The second-order valence-electron chi connectivity index (χ2n) is 4.80. The number of carboxylic acid groups (broad SMARTS) is 1. The molecule has 0 aromatic carbocycles. The lowest BCUT2D eigenvalue weighted by Gasteiger charge is -2.32. The fourth-order valence-corrected chi connectivity index (χ4v) is 1.79. The van der Waals surface area contributed by atoms with Gasteiger partial charge in [0.25, 0.3) is 0 Å². The fourth-order valence-electron chi connectivity index (χ4n) is 1.79. The van der Waals surface area contributed by atoms with E-state index in [4.69, 9.17) is 5.11 Å². The Morgan fingerprint density at radius 3 is 2.22 bits per heavy atom. The molecule has 0 aliphatic heterocycles. The van der Waals surface area contributed by atoms with Crippen molar-refractivity contribution >= 4 is 11.9 Å². The maximum atomic E-state index is 12.0. The summed E-state index contributed by atoms with van der Waals surface area (Å²) in [5.74, 6) is -1.53. The third kappa shape index (κ3) is 4.95. The van der Waals surface area contributed by atoms with E-state index in [0.717, 1.165) is 6.54 Å². The molecule has 0 heterocycles. The molecule has 6 nitrogen and oxygen atoms in total. The zero-order chi connectivity index (χ0) is 14.3. The van der Waals surface area contributed by atoms with E-state index in [9.17, 15) is 14.7 Å². The number of carbonyl (C=O) groups excluding carboxylic acids is 1. The Kier molecular flexibility index (Phi) is 6.75.